The second-order valence-corrected chi connectivity index (χ2v) is 7.22. The Bertz CT molecular complexity index is 816. The lowest BCUT2D eigenvalue weighted by atomic mass is 10.2. The monoisotopic (exact) mass is 406 g/mol. The Kier molecular flexibility index (Phi) is 6.47. The molecule has 6 nitrogen and oxygen atoms in total. The van der Waals surface area contributed by atoms with Gasteiger partial charge in [-0.3, -0.25) is 9.59 Å². The number of benzene rings is 2. The highest BCUT2D eigenvalue weighted by molar-refractivity contribution is 7.99. The van der Waals surface area contributed by atoms with Gasteiger partial charge in [0.2, 0.25) is 5.91 Å². The largest absolute Gasteiger partial charge is 0.497 e. The highest BCUT2D eigenvalue weighted by atomic mass is 35.5. The van der Waals surface area contributed by atoms with Gasteiger partial charge in [0.25, 0.3) is 5.91 Å². The molecule has 0 bridgehead atoms. The molecule has 0 saturated carbocycles. The zero-order chi connectivity index (χ0) is 19.2. The van der Waals surface area contributed by atoms with Gasteiger partial charge >= 0.3 is 0 Å². The van der Waals surface area contributed by atoms with E-state index in [0.29, 0.717) is 33.8 Å². The molecule has 2 aromatic carbocycles. The van der Waals surface area contributed by atoms with Crippen molar-refractivity contribution in [2.45, 2.75) is 6.04 Å². The fraction of sp³-hybridized carbons (Fsp3) is 0.263. The van der Waals surface area contributed by atoms with Crippen molar-refractivity contribution in [1.82, 2.24) is 4.90 Å². The quantitative estimate of drug-likeness (QED) is 0.797. The Balaban J connectivity index is 1.59. The summed E-state index contributed by atoms with van der Waals surface area (Å²) in [5.41, 5.74) is 0.650. The molecule has 1 saturated heterocycles. The van der Waals surface area contributed by atoms with E-state index in [2.05, 4.69) is 5.32 Å². The van der Waals surface area contributed by atoms with Gasteiger partial charge in [0.15, 0.2) is 6.61 Å². The molecule has 27 heavy (non-hydrogen) atoms. The summed E-state index contributed by atoms with van der Waals surface area (Å²) < 4.78 is 10.6. The number of amides is 2. The molecule has 1 aliphatic heterocycles. The number of carbonyl (C=O) groups excluding carboxylic acids is 2. The first-order valence-corrected chi connectivity index (χ1v) is 9.81. The van der Waals surface area contributed by atoms with Crippen molar-refractivity contribution >= 4 is 40.9 Å². The van der Waals surface area contributed by atoms with Gasteiger partial charge in [-0.1, -0.05) is 23.7 Å². The van der Waals surface area contributed by atoms with Crippen molar-refractivity contribution in [2.24, 2.45) is 0 Å². The molecule has 142 valence electrons. The zero-order valence-corrected chi connectivity index (χ0v) is 16.3. The predicted octanol–water partition coefficient (Wildman–Crippen LogP) is 3.27. The number of carbonyl (C=O) groups is 2. The molecule has 1 fully saturated rings. The summed E-state index contributed by atoms with van der Waals surface area (Å²) in [4.78, 5) is 26.7. The molecule has 0 radical (unpaired) electrons. The third kappa shape index (κ3) is 4.87. The number of anilines is 1. The smallest absolute Gasteiger partial charge is 0.261 e. The number of rotatable bonds is 6. The topological polar surface area (TPSA) is 67.9 Å². The number of halogens is 1. The average Bonchev–Trinajstić information content (AvgIpc) is 3.18. The Labute approximate surface area is 166 Å². The number of para-hydroxylation sites is 1. The van der Waals surface area contributed by atoms with Crippen LogP contribution in [0.2, 0.25) is 5.02 Å². The number of hydrogen-bond donors (Lipinski definition) is 1. The van der Waals surface area contributed by atoms with E-state index in [1.807, 2.05) is 0 Å². The van der Waals surface area contributed by atoms with Gasteiger partial charge < -0.3 is 19.7 Å². The second-order valence-electron chi connectivity index (χ2n) is 5.82. The van der Waals surface area contributed by atoms with Crippen LogP contribution in [0.15, 0.2) is 48.5 Å². The van der Waals surface area contributed by atoms with E-state index < -0.39 is 6.04 Å². The van der Waals surface area contributed by atoms with E-state index in [1.165, 1.54) is 16.7 Å². The molecule has 0 spiro atoms. The van der Waals surface area contributed by atoms with Gasteiger partial charge in [-0.25, -0.2) is 0 Å². The number of thioether (sulfide) groups is 1. The van der Waals surface area contributed by atoms with Crippen molar-refractivity contribution in [3.8, 4) is 11.5 Å². The molecule has 8 heteroatoms. The van der Waals surface area contributed by atoms with Crippen LogP contribution in [0.25, 0.3) is 0 Å². The normalized spacial score (nSPS) is 16.1. The molecular formula is C19H19ClN2O4S. The second kappa shape index (κ2) is 9.01. The summed E-state index contributed by atoms with van der Waals surface area (Å²) >= 11 is 7.56. The van der Waals surface area contributed by atoms with Crippen molar-refractivity contribution in [1.29, 1.82) is 0 Å². The van der Waals surface area contributed by atoms with Crippen LogP contribution in [0.5, 0.6) is 11.5 Å². The number of hydrogen-bond acceptors (Lipinski definition) is 5. The molecule has 2 amide bonds. The minimum absolute atomic E-state index is 0.170. The van der Waals surface area contributed by atoms with E-state index in [0.717, 1.165) is 0 Å². The lowest BCUT2D eigenvalue weighted by Crippen LogP contribution is -2.46. The summed E-state index contributed by atoms with van der Waals surface area (Å²) in [5, 5.41) is 3.28. The first-order chi connectivity index (χ1) is 13.1. The standard InChI is InChI=1S/C19H19ClN2O4S/c1-25-14-8-6-13(7-9-14)21-19(24)16-11-27-12-22(16)18(23)10-26-17-5-3-2-4-15(17)20/h2-9,16H,10-12H2,1H3,(H,21,24). The maximum absolute atomic E-state index is 12.6. The van der Waals surface area contributed by atoms with Crippen LogP contribution in [0.3, 0.4) is 0 Å². The first kappa shape index (κ1) is 19.4. The van der Waals surface area contributed by atoms with E-state index >= 15 is 0 Å². The third-order valence-electron chi connectivity index (χ3n) is 4.05. The number of nitrogens with zero attached hydrogens (tertiary/aromatic N) is 1. The maximum atomic E-state index is 12.6. The molecule has 2 aromatic rings. The number of ether oxygens (including phenoxy) is 2. The summed E-state index contributed by atoms with van der Waals surface area (Å²) in [5.74, 6) is 1.66. The van der Waals surface area contributed by atoms with Crippen molar-refractivity contribution in [3.63, 3.8) is 0 Å². The fourth-order valence-corrected chi connectivity index (χ4v) is 3.96. The Morgan fingerprint density at radius 2 is 1.96 bits per heavy atom. The van der Waals surface area contributed by atoms with Crippen LogP contribution in [0, 0.1) is 0 Å². The average molecular weight is 407 g/mol. The molecule has 1 unspecified atom stereocenters. The van der Waals surface area contributed by atoms with E-state index in [9.17, 15) is 9.59 Å². The third-order valence-corrected chi connectivity index (χ3v) is 5.38. The number of methoxy groups -OCH3 is 1. The van der Waals surface area contributed by atoms with E-state index in [4.69, 9.17) is 21.1 Å². The van der Waals surface area contributed by atoms with Crippen LogP contribution in [0.4, 0.5) is 5.69 Å². The van der Waals surface area contributed by atoms with Crippen LogP contribution >= 0.6 is 23.4 Å². The zero-order valence-electron chi connectivity index (χ0n) is 14.7. The summed E-state index contributed by atoms with van der Waals surface area (Å²) in [6, 6.07) is 13.5. The molecule has 1 heterocycles. The highest BCUT2D eigenvalue weighted by Crippen LogP contribution is 2.25. The predicted molar refractivity (Wildman–Crippen MR) is 107 cm³/mol. The molecule has 0 aliphatic carbocycles. The van der Waals surface area contributed by atoms with Gasteiger partial charge in [-0.2, -0.15) is 0 Å². The van der Waals surface area contributed by atoms with Crippen LogP contribution < -0.4 is 14.8 Å². The SMILES string of the molecule is COc1ccc(NC(=O)C2CSCN2C(=O)COc2ccccc2Cl)cc1. The molecule has 3 rings (SSSR count). The summed E-state index contributed by atoms with van der Waals surface area (Å²) in [6.07, 6.45) is 0. The summed E-state index contributed by atoms with van der Waals surface area (Å²) in [7, 11) is 1.58. The van der Waals surface area contributed by atoms with Crippen molar-refractivity contribution in [2.75, 3.05) is 30.7 Å². The highest BCUT2D eigenvalue weighted by Gasteiger charge is 2.34. The Morgan fingerprint density at radius 3 is 2.67 bits per heavy atom. The van der Waals surface area contributed by atoms with E-state index in [1.54, 1.807) is 55.6 Å². The van der Waals surface area contributed by atoms with Gasteiger partial charge in [0, 0.05) is 11.4 Å². The Hall–Kier alpha value is -2.38. The van der Waals surface area contributed by atoms with Crippen LogP contribution in [-0.4, -0.2) is 48.1 Å². The molecule has 1 aliphatic rings. The lowest BCUT2D eigenvalue weighted by Gasteiger charge is -2.23. The number of nitrogens with one attached hydrogen (secondary N) is 1. The van der Waals surface area contributed by atoms with Gasteiger partial charge in [-0.15, -0.1) is 11.8 Å². The van der Waals surface area contributed by atoms with Gasteiger partial charge in [-0.05, 0) is 36.4 Å². The van der Waals surface area contributed by atoms with Crippen LogP contribution in [-0.2, 0) is 9.59 Å². The van der Waals surface area contributed by atoms with Crippen LogP contribution in [0.1, 0.15) is 0 Å². The molecular weight excluding hydrogens is 388 g/mol. The molecule has 1 atom stereocenters. The molecule has 1 N–H and O–H groups in total. The maximum Gasteiger partial charge on any atom is 0.261 e. The van der Waals surface area contributed by atoms with E-state index in [-0.39, 0.29) is 18.4 Å². The minimum Gasteiger partial charge on any atom is -0.497 e. The molecule has 0 aromatic heterocycles. The first-order valence-electron chi connectivity index (χ1n) is 8.28. The fourth-order valence-electron chi connectivity index (χ4n) is 2.59. The summed E-state index contributed by atoms with van der Waals surface area (Å²) in [6.45, 7) is -0.170. The van der Waals surface area contributed by atoms with Crippen molar-refractivity contribution < 1.29 is 19.1 Å². The van der Waals surface area contributed by atoms with Crippen molar-refractivity contribution in [3.05, 3.63) is 53.6 Å². The minimum atomic E-state index is -0.542. The van der Waals surface area contributed by atoms with Gasteiger partial charge in [0.1, 0.15) is 17.5 Å². The lowest BCUT2D eigenvalue weighted by molar-refractivity contribution is -0.137. The Morgan fingerprint density at radius 1 is 1.22 bits per heavy atom. The van der Waals surface area contributed by atoms with Gasteiger partial charge in [0.05, 0.1) is 18.0 Å².